The summed E-state index contributed by atoms with van der Waals surface area (Å²) in [5.74, 6) is 1.83. The predicted octanol–water partition coefficient (Wildman–Crippen LogP) is 4.21. The van der Waals surface area contributed by atoms with Crippen LogP contribution in [-0.4, -0.2) is 41.6 Å². The molecule has 0 saturated carbocycles. The van der Waals surface area contributed by atoms with E-state index in [0.29, 0.717) is 0 Å². The first-order valence-electron chi connectivity index (χ1n) is 10.1. The van der Waals surface area contributed by atoms with Crippen LogP contribution in [0.5, 0.6) is 0 Å². The molecule has 1 fully saturated rings. The van der Waals surface area contributed by atoms with E-state index >= 15 is 0 Å². The molecule has 0 unspecified atom stereocenters. The van der Waals surface area contributed by atoms with Crippen LogP contribution in [-0.2, 0) is 6.42 Å². The molecule has 0 bridgehead atoms. The van der Waals surface area contributed by atoms with Gasteiger partial charge in [0.25, 0.3) is 0 Å². The molecule has 0 N–H and O–H groups in total. The largest absolute Gasteiger partial charge is 0.356 e. The number of likely N-dealkylation sites (N-methyl/N-ethyl adjacent to an activating group) is 1. The minimum Gasteiger partial charge on any atom is -0.356 e. The quantitative estimate of drug-likeness (QED) is 0.648. The summed E-state index contributed by atoms with van der Waals surface area (Å²) in [6, 6.07) is 16.7. The Bertz CT molecular complexity index is 876. The van der Waals surface area contributed by atoms with E-state index < -0.39 is 0 Å². The normalized spacial score (nSPS) is 14.1. The molecule has 0 spiro atoms. The fourth-order valence-electron chi connectivity index (χ4n) is 3.58. The van der Waals surface area contributed by atoms with Gasteiger partial charge in [0.2, 0.25) is 5.95 Å². The Morgan fingerprint density at radius 3 is 2.43 bits per heavy atom. The molecule has 1 aromatic carbocycles. The van der Waals surface area contributed by atoms with E-state index in [0.717, 1.165) is 49.1 Å². The van der Waals surface area contributed by atoms with Gasteiger partial charge in [-0.25, -0.2) is 4.98 Å². The maximum atomic E-state index is 4.92. The molecule has 144 valence electrons. The topological polar surface area (TPSA) is 45.2 Å². The molecule has 0 atom stereocenters. The van der Waals surface area contributed by atoms with Crippen molar-refractivity contribution in [1.29, 1.82) is 0 Å². The highest BCUT2D eigenvalue weighted by atomic mass is 15.3. The Labute approximate surface area is 167 Å². The maximum absolute atomic E-state index is 4.92. The number of nitrogens with zero attached hydrogens (tertiary/aromatic N) is 5. The molecule has 5 heteroatoms. The first kappa shape index (κ1) is 18.4. The summed E-state index contributed by atoms with van der Waals surface area (Å²) in [6.45, 7) is 3.01. The van der Waals surface area contributed by atoms with Crippen LogP contribution < -0.4 is 9.80 Å². The van der Waals surface area contributed by atoms with Crippen molar-refractivity contribution < 1.29 is 0 Å². The van der Waals surface area contributed by atoms with Crippen LogP contribution in [0.2, 0.25) is 0 Å². The van der Waals surface area contributed by atoms with Gasteiger partial charge in [0.15, 0.2) is 0 Å². The third-order valence-electron chi connectivity index (χ3n) is 5.28. The first-order valence-corrected chi connectivity index (χ1v) is 10.1. The molecular formula is C23H27N5. The molecular weight excluding hydrogens is 346 g/mol. The Balaban J connectivity index is 1.61. The summed E-state index contributed by atoms with van der Waals surface area (Å²) in [5, 5.41) is 0. The van der Waals surface area contributed by atoms with Gasteiger partial charge in [-0.2, -0.15) is 4.98 Å². The second-order valence-electron chi connectivity index (χ2n) is 7.35. The van der Waals surface area contributed by atoms with Crippen molar-refractivity contribution in [2.75, 3.05) is 36.5 Å². The lowest BCUT2D eigenvalue weighted by Gasteiger charge is -2.29. The number of hydrogen-bond acceptors (Lipinski definition) is 5. The number of rotatable bonds is 6. The van der Waals surface area contributed by atoms with Crippen LogP contribution in [0.1, 0.15) is 24.8 Å². The fraction of sp³-hybridized carbons (Fsp3) is 0.348. The summed E-state index contributed by atoms with van der Waals surface area (Å²) < 4.78 is 0. The Morgan fingerprint density at radius 2 is 1.68 bits per heavy atom. The first-order chi connectivity index (χ1) is 13.8. The third kappa shape index (κ3) is 4.47. The van der Waals surface area contributed by atoms with Gasteiger partial charge in [0.05, 0.1) is 5.69 Å². The van der Waals surface area contributed by atoms with Gasteiger partial charge >= 0.3 is 0 Å². The lowest BCUT2D eigenvalue weighted by molar-refractivity contribution is 0.573. The second-order valence-corrected chi connectivity index (χ2v) is 7.35. The SMILES string of the molecule is CN(CCc1ccncc1)c1nc(-c2ccccc2)cc(N2CCCCC2)n1. The van der Waals surface area contributed by atoms with Crippen LogP contribution in [0, 0.1) is 0 Å². The molecule has 1 aliphatic rings. The number of hydrogen-bond donors (Lipinski definition) is 0. The highest BCUT2D eigenvalue weighted by molar-refractivity contribution is 5.65. The minimum absolute atomic E-state index is 0.788. The van der Waals surface area contributed by atoms with Crippen LogP contribution in [0.3, 0.4) is 0 Å². The van der Waals surface area contributed by atoms with E-state index in [9.17, 15) is 0 Å². The van der Waals surface area contributed by atoms with Crippen molar-refractivity contribution in [2.24, 2.45) is 0 Å². The standard InChI is InChI=1S/C23H27N5/c1-27(17-12-19-10-13-24-14-11-19)23-25-21(20-8-4-2-5-9-20)18-22(26-23)28-15-6-3-7-16-28/h2,4-5,8-11,13-14,18H,3,6-7,12,15-17H2,1H3. The van der Waals surface area contributed by atoms with E-state index in [-0.39, 0.29) is 0 Å². The molecule has 0 radical (unpaired) electrons. The number of pyridine rings is 1. The number of anilines is 2. The van der Waals surface area contributed by atoms with Crippen molar-refractivity contribution in [1.82, 2.24) is 15.0 Å². The zero-order valence-corrected chi connectivity index (χ0v) is 16.5. The van der Waals surface area contributed by atoms with Gasteiger partial charge < -0.3 is 9.80 Å². The molecule has 2 aromatic heterocycles. The van der Waals surface area contributed by atoms with Crippen molar-refractivity contribution in [3.8, 4) is 11.3 Å². The molecule has 1 saturated heterocycles. The van der Waals surface area contributed by atoms with E-state index in [1.807, 2.05) is 18.5 Å². The maximum Gasteiger partial charge on any atom is 0.227 e. The van der Waals surface area contributed by atoms with Crippen LogP contribution >= 0.6 is 0 Å². The van der Waals surface area contributed by atoms with Crippen LogP contribution in [0.4, 0.5) is 11.8 Å². The van der Waals surface area contributed by atoms with Crippen molar-refractivity contribution in [3.63, 3.8) is 0 Å². The van der Waals surface area contributed by atoms with Crippen LogP contribution in [0.25, 0.3) is 11.3 Å². The average molecular weight is 374 g/mol. The molecule has 1 aliphatic heterocycles. The molecule has 4 rings (SSSR count). The summed E-state index contributed by atoms with van der Waals surface area (Å²) in [4.78, 5) is 18.5. The predicted molar refractivity (Wildman–Crippen MR) is 115 cm³/mol. The lowest BCUT2D eigenvalue weighted by atomic mass is 10.1. The molecule has 3 heterocycles. The summed E-state index contributed by atoms with van der Waals surface area (Å²) >= 11 is 0. The van der Waals surface area contributed by atoms with Gasteiger partial charge in [-0.3, -0.25) is 4.98 Å². The fourth-order valence-corrected chi connectivity index (χ4v) is 3.58. The highest BCUT2D eigenvalue weighted by Gasteiger charge is 2.17. The van der Waals surface area contributed by atoms with Crippen molar-refractivity contribution in [3.05, 3.63) is 66.5 Å². The summed E-state index contributed by atoms with van der Waals surface area (Å²) in [6.07, 6.45) is 8.41. The van der Waals surface area contributed by atoms with E-state index in [4.69, 9.17) is 9.97 Å². The van der Waals surface area contributed by atoms with E-state index in [2.05, 4.69) is 64.3 Å². The van der Waals surface area contributed by atoms with Gasteiger partial charge in [-0.05, 0) is 43.4 Å². The average Bonchev–Trinajstić information content (AvgIpc) is 2.79. The highest BCUT2D eigenvalue weighted by Crippen LogP contribution is 2.26. The van der Waals surface area contributed by atoms with E-state index in [1.165, 1.54) is 24.8 Å². The number of piperidine rings is 1. The van der Waals surface area contributed by atoms with Crippen molar-refractivity contribution in [2.45, 2.75) is 25.7 Å². The zero-order valence-electron chi connectivity index (χ0n) is 16.5. The van der Waals surface area contributed by atoms with Gasteiger partial charge in [0.1, 0.15) is 5.82 Å². The Kier molecular flexibility index (Phi) is 5.80. The minimum atomic E-state index is 0.788. The number of aromatic nitrogens is 3. The monoisotopic (exact) mass is 373 g/mol. The Hall–Kier alpha value is -2.95. The lowest BCUT2D eigenvalue weighted by Crippen LogP contribution is -2.31. The molecule has 28 heavy (non-hydrogen) atoms. The molecule has 5 nitrogen and oxygen atoms in total. The molecule has 0 aliphatic carbocycles. The van der Waals surface area contributed by atoms with Crippen molar-refractivity contribution >= 4 is 11.8 Å². The van der Waals surface area contributed by atoms with Gasteiger partial charge in [-0.15, -0.1) is 0 Å². The second kappa shape index (κ2) is 8.83. The summed E-state index contributed by atoms with van der Waals surface area (Å²) in [5.41, 5.74) is 3.39. The number of benzene rings is 1. The molecule has 3 aromatic rings. The van der Waals surface area contributed by atoms with Crippen LogP contribution in [0.15, 0.2) is 60.9 Å². The van der Waals surface area contributed by atoms with Gasteiger partial charge in [-0.1, -0.05) is 30.3 Å². The molecule has 0 amide bonds. The van der Waals surface area contributed by atoms with E-state index in [1.54, 1.807) is 0 Å². The zero-order chi connectivity index (χ0) is 19.2. The third-order valence-corrected chi connectivity index (χ3v) is 5.28. The van der Waals surface area contributed by atoms with Gasteiger partial charge in [0, 0.05) is 50.7 Å². The summed E-state index contributed by atoms with van der Waals surface area (Å²) in [7, 11) is 2.07. The Morgan fingerprint density at radius 1 is 0.929 bits per heavy atom. The smallest absolute Gasteiger partial charge is 0.227 e.